The molecular formula is C15H16FNO3. The highest BCUT2D eigenvalue weighted by atomic mass is 19.1. The molecule has 4 nitrogen and oxygen atoms in total. The van der Waals surface area contributed by atoms with Gasteiger partial charge < -0.3 is 14.5 Å². The molecule has 0 spiro atoms. The molecule has 1 amide bonds. The van der Waals surface area contributed by atoms with Gasteiger partial charge in [0.15, 0.2) is 11.6 Å². The number of nitrogens with one attached hydrogen (secondary N) is 1. The Bertz CT molecular complexity index is 581. The molecule has 0 radical (unpaired) electrons. The van der Waals surface area contributed by atoms with Crippen molar-refractivity contribution in [1.29, 1.82) is 0 Å². The van der Waals surface area contributed by atoms with E-state index in [1.807, 2.05) is 13.0 Å². The van der Waals surface area contributed by atoms with Crippen LogP contribution in [0.25, 0.3) is 0 Å². The maximum Gasteiger partial charge on any atom is 0.251 e. The lowest BCUT2D eigenvalue weighted by Crippen LogP contribution is -2.34. The maximum atomic E-state index is 13.5. The molecule has 1 N–H and O–H groups in total. The molecule has 0 fully saturated rings. The zero-order valence-corrected chi connectivity index (χ0v) is 11.4. The molecule has 2 aromatic rings. The molecule has 0 aliphatic heterocycles. The number of furan rings is 1. The summed E-state index contributed by atoms with van der Waals surface area (Å²) in [6.45, 7) is 1.88. The minimum atomic E-state index is -0.553. The third-order valence-corrected chi connectivity index (χ3v) is 2.91. The zero-order chi connectivity index (χ0) is 14.5. The van der Waals surface area contributed by atoms with Crippen molar-refractivity contribution in [3.63, 3.8) is 0 Å². The summed E-state index contributed by atoms with van der Waals surface area (Å²) in [7, 11) is 1.38. The van der Waals surface area contributed by atoms with Gasteiger partial charge in [0.05, 0.1) is 19.6 Å². The molecule has 0 saturated heterocycles. The zero-order valence-electron chi connectivity index (χ0n) is 11.4. The Hall–Kier alpha value is -2.30. The number of carbonyl (C=O) groups excluding carboxylic acids is 1. The smallest absolute Gasteiger partial charge is 0.251 e. The van der Waals surface area contributed by atoms with E-state index < -0.39 is 5.82 Å². The van der Waals surface area contributed by atoms with Crippen LogP contribution in [0.3, 0.4) is 0 Å². The van der Waals surface area contributed by atoms with Crippen LogP contribution < -0.4 is 10.1 Å². The van der Waals surface area contributed by atoms with Gasteiger partial charge in [0.1, 0.15) is 0 Å². The first-order chi connectivity index (χ1) is 9.60. The second kappa shape index (κ2) is 6.23. The number of hydrogen-bond donors (Lipinski definition) is 1. The van der Waals surface area contributed by atoms with Crippen LogP contribution in [0.15, 0.2) is 41.2 Å². The largest absolute Gasteiger partial charge is 0.494 e. The fourth-order valence-corrected chi connectivity index (χ4v) is 1.93. The molecule has 106 valence electrons. The van der Waals surface area contributed by atoms with Crippen molar-refractivity contribution in [3.05, 3.63) is 53.7 Å². The van der Waals surface area contributed by atoms with Crippen molar-refractivity contribution in [2.75, 3.05) is 7.11 Å². The minimum absolute atomic E-state index is 0.0785. The van der Waals surface area contributed by atoms with E-state index in [0.29, 0.717) is 6.42 Å². The summed E-state index contributed by atoms with van der Waals surface area (Å²) in [6, 6.07) is 5.90. The average molecular weight is 277 g/mol. The Morgan fingerprint density at radius 2 is 2.25 bits per heavy atom. The van der Waals surface area contributed by atoms with Crippen LogP contribution in [0.2, 0.25) is 0 Å². The minimum Gasteiger partial charge on any atom is -0.494 e. The van der Waals surface area contributed by atoms with Crippen LogP contribution in [0.1, 0.15) is 22.8 Å². The molecule has 1 atom stereocenters. The van der Waals surface area contributed by atoms with Crippen molar-refractivity contribution < 1.29 is 18.3 Å². The van der Waals surface area contributed by atoms with Crippen LogP contribution in [0, 0.1) is 5.82 Å². The Kier molecular flexibility index (Phi) is 4.40. The summed E-state index contributed by atoms with van der Waals surface area (Å²) >= 11 is 0. The fourth-order valence-electron chi connectivity index (χ4n) is 1.93. The number of hydrogen-bond acceptors (Lipinski definition) is 3. The van der Waals surface area contributed by atoms with Gasteiger partial charge in [-0.15, -0.1) is 0 Å². The number of carbonyl (C=O) groups is 1. The lowest BCUT2D eigenvalue weighted by Gasteiger charge is -2.13. The molecule has 0 unspecified atom stereocenters. The summed E-state index contributed by atoms with van der Waals surface area (Å²) in [5.41, 5.74) is 1.26. The highest BCUT2D eigenvalue weighted by Gasteiger charge is 2.13. The van der Waals surface area contributed by atoms with E-state index >= 15 is 0 Å². The second-order valence-corrected chi connectivity index (χ2v) is 4.56. The summed E-state index contributed by atoms with van der Waals surface area (Å²) in [5.74, 6) is -0.752. The van der Waals surface area contributed by atoms with Crippen molar-refractivity contribution in [2.24, 2.45) is 0 Å². The molecule has 2 rings (SSSR count). The molecule has 0 saturated carbocycles. The van der Waals surface area contributed by atoms with E-state index in [2.05, 4.69) is 5.32 Å². The summed E-state index contributed by atoms with van der Waals surface area (Å²) in [6.07, 6.45) is 3.87. The van der Waals surface area contributed by atoms with Crippen LogP contribution in [0.5, 0.6) is 5.75 Å². The molecule has 5 heteroatoms. The van der Waals surface area contributed by atoms with Gasteiger partial charge in [-0.3, -0.25) is 4.79 Å². The summed E-state index contributed by atoms with van der Waals surface area (Å²) < 4.78 is 23.3. The van der Waals surface area contributed by atoms with E-state index in [0.717, 1.165) is 5.56 Å². The van der Waals surface area contributed by atoms with Gasteiger partial charge >= 0.3 is 0 Å². The molecule has 0 bridgehead atoms. The number of ether oxygens (including phenoxy) is 1. The van der Waals surface area contributed by atoms with Crippen LogP contribution in [0.4, 0.5) is 4.39 Å². The quantitative estimate of drug-likeness (QED) is 0.914. The number of benzene rings is 1. The SMILES string of the molecule is COc1ccc(C(=O)N[C@@H](C)Cc2ccoc2)cc1F. The first-order valence-corrected chi connectivity index (χ1v) is 6.25. The van der Waals surface area contributed by atoms with E-state index in [-0.39, 0.29) is 23.3 Å². The van der Waals surface area contributed by atoms with E-state index in [4.69, 9.17) is 9.15 Å². The standard InChI is InChI=1S/C15H16FNO3/c1-10(7-11-5-6-20-9-11)17-15(18)12-3-4-14(19-2)13(16)8-12/h3-6,8-10H,7H2,1-2H3,(H,17,18)/t10-/m0/s1. The molecule has 20 heavy (non-hydrogen) atoms. The van der Waals surface area contributed by atoms with Gasteiger partial charge in [-0.05, 0) is 43.2 Å². The molecule has 1 aromatic carbocycles. The molecule has 0 aliphatic rings. The first kappa shape index (κ1) is 14.1. The topological polar surface area (TPSA) is 51.5 Å². The number of amides is 1. The van der Waals surface area contributed by atoms with Gasteiger partial charge in [-0.2, -0.15) is 0 Å². The second-order valence-electron chi connectivity index (χ2n) is 4.56. The van der Waals surface area contributed by atoms with Crippen LogP contribution in [-0.4, -0.2) is 19.1 Å². The number of methoxy groups -OCH3 is 1. The molecular weight excluding hydrogens is 261 g/mol. The Balaban J connectivity index is 1.99. The third-order valence-electron chi connectivity index (χ3n) is 2.91. The van der Waals surface area contributed by atoms with Gasteiger partial charge in [0, 0.05) is 11.6 Å². The van der Waals surface area contributed by atoms with Crippen molar-refractivity contribution in [1.82, 2.24) is 5.32 Å². The molecule has 1 heterocycles. The summed E-state index contributed by atoms with van der Waals surface area (Å²) in [5, 5.41) is 2.81. The predicted molar refractivity (Wildman–Crippen MR) is 72.3 cm³/mol. The van der Waals surface area contributed by atoms with Crippen LogP contribution >= 0.6 is 0 Å². The van der Waals surface area contributed by atoms with Gasteiger partial charge in [0.25, 0.3) is 5.91 Å². The monoisotopic (exact) mass is 277 g/mol. The van der Waals surface area contributed by atoms with Crippen LogP contribution in [-0.2, 0) is 6.42 Å². The van der Waals surface area contributed by atoms with Gasteiger partial charge in [0.2, 0.25) is 0 Å². The van der Waals surface area contributed by atoms with Gasteiger partial charge in [-0.1, -0.05) is 0 Å². The fraction of sp³-hybridized carbons (Fsp3) is 0.267. The maximum absolute atomic E-state index is 13.5. The normalized spacial score (nSPS) is 11.9. The number of rotatable bonds is 5. The highest BCUT2D eigenvalue weighted by molar-refractivity contribution is 5.94. The Morgan fingerprint density at radius 3 is 2.85 bits per heavy atom. The number of halogens is 1. The van der Waals surface area contributed by atoms with E-state index in [9.17, 15) is 9.18 Å². The van der Waals surface area contributed by atoms with E-state index in [1.54, 1.807) is 12.5 Å². The first-order valence-electron chi connectivity index (χ1n) is 6.25. The molecule has 0 aliphatic carbocycles. The Morgan fingerprint density at radius 1 is 1.45 bits per heavy atom. The average Bonchev–Trinajstić information content (AvgIpc) is 2.91. The van der Waals surface area contributed by atoms with Crippen molar-refractivity contribution in [2.45, 2.75) is 19.4 Å². The lowest BCUT2D eigenvalue weighted by molar-refractivity contribution is 0.0939. The highest BCUT2D eigenvalue weighted by Crippen LogP contribution is 2.17. The molecule has 1 aromatic heterocycles. The lowest BCUT2D eigenvalue weighted by atomic mass is 10.1. The van der Waals surface area contributed by atoms with Gasteiger partial charge in [-0.25, -0.2) is 4.39 Å². The Labute approximate surface area is 116 Å². The van der Waals surface area contributed by atoms with Crippen molar-refractivity contribution in [3.8, 4) is 5.75 Å². The van der Waals surface area contributed by atoms with Crippen molar-refractivity contribution >= 4 is 5.91 Å². The third kappa shape index (κ3) is 3.38. The van der Waals surface area contributed by atoms with E-state index in [1.165, 1.54) is 25.3 Å². The summed E-state index contributed by atoms with van der Waals surface area (Å²) in [4.78, 5) is 12.0. The predicted octanol–water partition coefficient (Wildman–Crippen LogP) is 2.79.